The third-order valence-electron chi connectivity index (χ3n) is 4.20. The highest BCUT2D eigenvalue weighted by atomic mass is 16.3. The average molecular weight is 277 g/mol. The summed E-state index contributed by atoms with van der Waals surface area (Å²) in [6.45, 7) is 8.97. The second kappa shape index (κ2) is 7.29. The molecule has 112 valence electrons. The SMILES string of the molecule is CCC(CC)(CO)CN=C(N)Nc1ccc(C)c(C)c1. The van der Waals surface area contributed by atoms with Gasteiger partial charge in [-0.15, -0.1) is 0 Å². The number of aliphatic imine (C=N–C) groups is 1. The summed E-state index contributed by atoms with van der Waals surface area (Å²) in [6.07, 6.45) is 1.78. The molecule has 0 aliphatic rings. The Kier molecular flexibility index (Phi) is 6.02. The van der Waals surface area contributed by atoms with Gasteiger partial charge in [-0.2, -0.15) is 0 Å². The molecule has 0 aliphatic carbocycles. The van der Waals surface area contributed by atoms with Crippen LogP contribution in [0.1, 0.15) is 37.8 Å². The first-order valence-electron chi connectivity index (χ1n) is 7.21. The van der Waals surface area contributed by atoms with Crippen LogP contribution in [0.5, 0.6) is 0 Å². The predicted octanol–water partition coefficient (Wildman–Crippen LogP) is 2.83. The van der Waals surface area contributed by atoms with Gasteiger partial charge in [0.05, 0.1) is 13.2 Å². The Morgan fingerprint density at radius 1 is 1.25 bits per heavy atom. The molecule has 0 aliphatic heterocycles. The summed E-state index contributed by atoms with van der Waals surface area (Å²) in [5.74, 6) is 0.396. The van der Waals surface area contributed by atoms with Crippen molar-refractivity contribution in [3.63, 3.8) is 0 Å². The third-order valence-corrected chi connectivity index (χ3v) is 4.20. The molecule has 0 atom stereocenters. The molecule has 4 N–H and O–H groups in total. The lowest BCUT2D eigenvalue weighted by Gasteiger charge is -2.27. The standard InChI is InChI=1S/C16H27N3O/c1-5-16(6-2,11-20)10-18-15(17)19-14-8-7-12(3)13(4)9-14/h7-9,20H,5-6,10-11H2,1-4H3,(H3,17,18,19). The van der Waals surface area contributed by atoms with Gasteiger partial charge < -0.3 is 16.2 Å². The predicted molar refractivity (Wildman–Crippen MR) is 86.1 cm³/mol. The van der Waals surface area contributed by atoms with Crippen LogP contribution in [0, 0.1) is 19.3 Å². The number of aliphatic hydroxyl groups is 1. The summed E-state index contributed by atoms with van der Waals surface area (Å²) in [4.78, 5) is 4.38. The molecule has 20 heavy (non-hydrogen) atoms. The molecule has 4 nitrogen and oxygen atoms in total. The van der Waals surface area contributed by atoms with Crippen LogP contribution in [0.3, 0.4) is 0 Å². The number of anilines is 1. The van der Waals surface area contributed by atoms with Crippen molar-refractivity contribution in [3.8, 4) is 0 Å². The molecule has 0 fully saturated rings. The van der Waals surface area contributed by atoms with Gasteiger partial charge in [0.15, 0.2) is 5.96 Å². The molecule has 0 heterocycles. The number of aryl methyl sites for hydroxylation is 2. The highest BCUT2D eigenvalue weighted by Gasteiger charge is 2.24. The van der Waals surface area contributed by atoms with Crippen LogP contribution in [0.4, 0.5) is 5.69 Å². The van der Waals surface area contributed by atoms with Crippen molar-refractivity contribution < 1.29 is 5.11 Å². The number of nitrogens with two attached hydrogens (primary N) is 1. The lowest BCUT2D eigenvalue weighted by atomic mass is 9.83. The Morgan fingerprint density at radius 2 is 1.90 bits per heavy atom. The Balaban J connectivity index is 2.72. The van der Waals surface area contributed by atoms with E-state index < -0.39 is 0 Å². The van der Waals surface area contributed by atoms with Gasteiger partial charge >= 0.3 is 0 Å². The Hall–Kier alpha value is -1.55. The summed E-state index contributed by atoms with van der Waals surface area (Å²) in [5, 5.41) is 12.6. The van der Waals surface area contributed by atoms with Crippen LogP contribution in [-0.4, -0.2) is 24.2 Å². The molecule has 0 unspecified atom stereocenters. The molecule has 0 saturated carbocycles. The van der Waals surface area contributed by atoms with E-state index in [0.29, 0.717) is 12.5 Å². The van der Waals surface area contributed by atoms with Gasteiger partial charge in [0.2, 0.25) is 0 Å². The van der Waals surface area contributed by atoms with E-state index in [2.05, 4.69) is 50.1 Å². The fourth-order valence-corrected chi connectivity index (χ4v) is 2.01. The number of benzene rings is 1. The Bertz CT molecular complexity index is 457. The monoisotopic (exact) mass is 277 g/mol. The molecular weight excluding hydrogens is 250 g/mol. The molecule has 1 aromatic rings. The number of hydrogen-bond acceptors (Lipinski definition) is 2. The van der Waals surface area contributed by atoms with Crippen molar-refractivity contribution in [1.82, 2.24) is 0 Å². The highest BCUT2D eigenvalue weighted by Crippen LogP contribution is 2.25. The molecule has 0 radical (unpaired) electrons. The van der Waals surface area contributed by atoms with Crippen molar-refractivity contribution in [2.75, 3.05) is 18.5 Å². The van der Waals surface area contributed by atoms with Crippen LogP contribution in [0.15, 0.2) is 23.2 Å². The van der Waals surface area contributed by atoms with Crippen molar-refractivity contribution in [1.29, 1.82) is 0 Å². The van der Waals surface area contributed by atoms with Crippen molar-refractivity contribution in [2.45, 2.75) is 40.5 Å². The van der Waals surface area contributed by atoms with E-state index in [9.17, 15) is 5.11 Å². The topological polar surface area (TPSA) is 70.6 Å². The summed E-state index contributed by atoms with van der Waals surface area (Å²) in [5.41, 5.74) is 9.18. The number of nitrogens with zero attached hydrogens (tertiary/aromatic N) is 1. The van der Waals surface area contributed by atoms with Crippen LogP contribution in [0.25, 0.3) is 0 Å². The van der Waals surface area contributed by atoms with E-state index in [-0.39, 0.29) is 12.0 Å². The summed E-state index contributed by atoms with van der Waals surface area (Å²) in [7, 11) is 0. The molecular formula is C16H27N3O. The minimum absolute atomic E-state index is 0.139. The van der Waals surface area contributed by atoms with E-state index in [1.54, 1.807) is 0 Å². The van der Waals surface area contributed by atoms with Gasteiger partial charge in [0.25, 0.3) is 0 Å². The molecule has 1 aromatic carbocycles. The lowest BCUT2D eigenvalue weighted by Crippen LogP contribution is -2.30. The Morgan fingerprint density at radius 3 is 2.40 bits per heavy atom. The van der Waals surface area contributed by atoms with Gasteiger partial charge in [0.1, 0.15) is 0 Å². The van der Waals surface area contributed by atoms with E-state index in [1.165, 1.54) is 11.1 Å². The first-order valence-corrected chi connectivity index (χ1v) is 7.21. The number of aliphatic hydroxyl groups excluding tert-OH is 1. The van der Waals surface area contributed by atoms with E-state index in [4.69, 9.17) is 5.73 Å². The summed E-state index contributed by atoms with van der Waals surface area (Å²) < 4.78 is 0. The van der Waals surface area contributed by atoms with E-state index in [1.807, 2.05) is 6.07 Å². The molecule has 0 amide bonds. The van der Waals surface area contributed by atoms with Crippen LogP contribution >= 0.6 is 0 Å². The third kappa shape index (κ3) is 4.23. The van der Waals surface area contributed by atoms with Crippen molar-refractivity contribution in [2.24, 2.45) is 16.1 Å². The maximum absolute atomic E-state index is 9.52. The van der Waals surface area contributed by atoms with E-state index >= 15 is 0 Å². The van der Waals surface area contributed by atoms with Crippen LogP contribution < -0.4 is 11.1 Å². The van der Waals surface area contributed by atoms with Crippen molar-refractivity contribution in [3.05, 3.63) is 29.3 Å². The molecule has 1 rings (SSSR count). The largest absolute Gasteiger partial charge is 0.396 e. The fourth-order valence-electron chi connectivity index (χ4n) is 2.01. The first-order chi connectivity index (χ1) is 9.46. The normalized spacial score (nSPS) is 12.6. The smallest absolute Gasteiger partial charge is 0.193 e. The lowest BCUT2D eigenvalue weighted by molar-refractivity contribution is 0.123. The minimum atomic E-state index is -0.157. The molecule has 4 heteroatoms. The van der Waals surface area contributed by atoms with Crippen molar-refractivity contribution >= 4 is 11.6 Å². The number of guanidine groups is 1. The molecule has 0 aromatic heterocycles. The number of nitrogens with one attached hydrogen (secondary N) is 1. The quantitative estimate of drug-likeness (QED) is 0.553. The van der Waals surface area contributed by atoms with Crippen LogP contribution in [-0.2, 0) is 0 Å². The average Bonchev–Trinajstić information content (AvgIpc) is 2.45. The molecule has 0 saturated heterocycles. The molecule has 0 spiro atoms. The minimum Gasteiger partial charge on any atom is -0.396 e. The zero-order chi connectivity index (χ0) is 15.2. The van der Waals surface area contributed by atoms with Gasteiger partial charge in [0, 0.05) is 11.1 Å². The van der Waals surface area contributed by atoms with Gasteiger partial charge in [-0.25, -0.2) is 0 Å². The zero-order valence-electron chi connectivity index (χ0n) is 13.0. The summed E-state index contributed by atoms with van der Waals surface area (Å²) in [6, 6.07) is 6.10. The van der Waals surface area contributed by atoms with Gasteiger partial charge in [-0.05, 0) is 49.9 Å². The first kappa shape index (κ1) is 16.5. The second-order valence-electron chi connectivity index (χ2n) is 5.49. The summed E-state index contributed by atoms with van der Waals surface area (Å²) >= 11 is 0. The van der Waals surface area contributed by atoms with E-state index in [0.717, 1.165) is 18.5 Å². The maximum Gasteiger partial charge on any atom is 0.193 e. The molecule has 0 bridgehead atoms. The fraction of sp³-hybridized carbons (Fsp3) is 0.562. The number of hydrogen-bond donors (Lipinski definition) is 3. The Labute approximate surface area is 122 Å². The zero-order valence-corrected chi connectivity index (χ0v) is 13.0. The number of rotatable bonds is 6. The second-order valence-corrected chi connectivity index (χ2v) is 5.49. The maximum atomic E-state index is 9.52. The van der Waals surface area contributed by atoms with Gasteiger partial charge in [-0.1, -0.05) is 19.9 Å². The highest BCUT2D eigenvalue weighted by molar-refractivity contribution is 5.92. The van der Waals surface area contributed by atoms with Crippen LogP contribution in [0.2, 0.25) is 0 Å². The van der Waals surface area contributed by atoms with Gasteiger partial charge in [-0.3, -0.25) is 4.99 Å².